The van der Waals surface area contributed by atoms with Crippen molar-refractivity contribution in [2.24, 2.45) is 4.36 Å². The number of anilines is 2. The first-order valence-corrected chi connectivity index (χ1v) is 12.3. The number of rotatable bonds is 6. The van der Waals surface area contributed by atoms with Gasteiger partial charge >= 0.3 is 6.18 Å². The molecule has 1 N–H and O–H groups in total. The lowest BCUT2D eigenvalue weighted by atomic mass is 10.3. The number of nitrogens with one attached hydrogen (secondary N) is 1. The third-order valence-corrected chi connectivity index (χ3v) is 5.16. The topological polar surface area (TPSA) is 120 Å². The molecule has 0 aliphatic carbocycles. The fourth-order valence-electron chi connectivity index (χ4n) is 3.18. The summed E-state index contributed by atoms with van der Waals surface area (Å²) in [6.45, 7) is 3.81. The molecule has 0 amide bonds. The molecule has 4 aromatic rings. The number of fused-ring (bicyclic) bond motifs is 1. The van der Waals surface area contributed by atoms with Gasteiger partial charge in [0.05, 0.1) is 18.4 Å². The van der Waals surface area contributed by atoms with Crippen molar-refractivity contribution in [3.63, 3.8) is 0 Å². The predicted octanol–water partition coefficient (Wildman–Crippen LogP) is 3.68. The molecule has 0 aliphatic rings. The van der Waals surface area contributed by atoms with E-state index in [1.165, 1.54) is 40.2 Å². The molecule has 0 aliphatic heterocycles. The Morgan fingerprint density at radius 1 is 1.14 bits per heavy atom. The van der Waals surface area contributed by atoms with E-state index in [2.05, 4.69) is 36.2 Å². The van der Waals surface area contributed by atoms with Crippen LogP contribution >= 0.6 is 0 Å². The monoisotopic (exact) mass is 504 g/mol. The molecule has 0 fully saturated rings. The van der Waals surface area contributed by atoms with Crippen molar-refractivity contribution < 1.29 is 17.4 Å². The van der Waals surface area contributed by atoms with Gasteiger partial charge in [-0.3, -0.25) is 4.79 Å². The molecule has 182 valence electrons. The number of alkyl halides is 3. The zero-order valence-corrected chi connectivity index (χ0v) is 19.3. The van der Waals surface area contributed by atoms with Crippen LogP contribution in [-0.2, 0) is 22.5 Å². The minimum Gasteiger partial charge on any atom is -0.323 e. The van der Waals surface area contributed by atoms with Gasteiger partial charge in [-0.25, -0.2) is 28.5 Å². The molecule has 4 rings (SSSR count). The summed E-state index contributed by atoms with van der Waals surface area (Å²) in [5, 5.41) is 2.97. The lowest BCUT2D eigenvalue weighted by Crippen LogP contribution is -2.22. The standard InChI is InChI=1S/C21H19F3N8O2S/c1-4-10-31-19(33)14-12-26-20(27-13-8-9-15(25-11-13)21(22,23)24)29-18(14)32(31)17-7-5-6-16(28-17)30-35(2,3)34/h4-9,11-12H,1,10H2,2-3H3,(H,26,27,29). The van der Waals surface area contributed by atoms with Gasteiger partial charge in [-0.05, 0) is 24.3 Å². The Bertz CT molecular complexity index is 1590. The summed E-state index contributed by atoms with van der Waals surface area (Å²) >= 11 is 0. The molecular formula is C21H19F3N8O2S. The van der Waals surface area contributed by atoms with Crippen LogP contribution in [0.3, 0.4) is 0 Å². The molecule has 4 heterocycles. The van der Waals surface area contributed by atoms with E-state index in [1.807, 2.05) is 0 Å². The highest BCUT2D eigenvalue weighted by molar-refractivity contribution is 7.92. The number of pyridine rings is 2. The molecule has 35 heavy (non-hydrogen) atoms. The highest BCUT2D eigenvalue weighted by atomic mass is 32.2. The van der Waals surface area contributed by atoms with Crippen LogP contribution in [0, 0.1) is 0 Å². The number of hydrogen-bond acceptors (Lipinski definition) is 8. The summed E-state index contributed by atoms with van der Waals surface area (Å²) in [6.07, 6.45) is 2.22. The van der Waals surface area contributed by atoms with Gasteiger partial charge in [0, 0.05) is 28.4 Å². The van der Waals surface area contributed by atoms with E-state index in [-0.39, 0.29) is 40.8 Å². The Balaban J connectivity index is 1.83. The zero-order chi connectivity index (χ0) is 25.4. The van der Waals surface area contributed by atoms with Gasteiger partial charge < -0.3 is 5.32 Å². The van der Waals surface area contributed by atoms with Crippen molar-refractivity contribution in [3.8, 4) is 5.82 Å². The van der Waals surface area contributed by atoms with Crippen LogP contribution in [-0.4, -0.2) is 46.0 Å². The second-order valence-corrected chi connectivity index (χ2v) is 10.1. The van der Waals surface area contributed by atoms with Crippen molar-refractivity contribution >= 4 is 38.2 Å². The summed E-state index contributed by atoms with van der Waals surface area (Å²) in [5.41, 5.74) is -1.03. The third-order valence-electron chi connectivity index (χ3n) is 4.54. The molecule has 0 bridgehead atoms. The second-order valence-electron chi connectivity index (χ2n) is 7.60. The number of halogens is 3. The largest absolute Gasteiger partial charge is 0.433 e. The highest BCUT2D eigenvalue weighted by Gasteiger charge is 2.32. The first kappa shape index (κ1) is 24.1. The molecule has 10 nitrogen and oxygen atoms in total. The van der Waals surface area contributed by atoms with E-state index in [9.17, 15) is 22.2 Å². The summed E-state index contributed by atoms with van der Waals surface area (Å²) in [4.78, 5) is 29.3. The lowest BCUT2D eigenvalue weighted by Gasteiger charge is -2.11. The fraction of sp³-hybridized carbons (Fsp3) is 0.190. The predicted molar refractivity (Wildman–Crippen MR) is 126 cm³/mol. The molecule has 0 unspecified atom stereocenters. The fourth-order valence-corrected chi connectivity index (χ4v) is 3.73. The number of nitrogens with zero attached hydrogens (tertiary/aromatic N) is 7. The van der Waals surface area contributed by atoms with E-state index in [0.29, 0.717) is 0 Å². The maximum Gasteiger partial charge on any atom is 0.433 e. The second kappa shape index (κ2) is 8.94. The van der Waals surface area contributed by atoms with Crippen LogP contribution in [0.1, 0.15) is 5.69 Å². The molecule has 0 spiro atoms. The Kier molecular flexibility index (Phi) is 6.15. The number of aromatic nitrogens is 6. The van der Waals surface area contributed by atoms with Gasteiger partial charge in [-0.15, -0.1) is 6.58 Å². The summed E-state index contributed by atoms with van der Waals surface area (Å²) in [7, 11) is -2.48. The van der Waals surface area contributed by atoms with Gasteiger partial charge in [0.1, 0.15) is 11.1 Å². The number of allylic oxidation sites excluding steroid dienone is 1. The highest BCUT2D eigenvalue weighted by Crippen LogP contribution is 2.28. The van der Waals surface area contributed by atoms with Crippen LogP contribution < -0.4 is 10.9 Å². The molecular weight excluding hydrogens is 485 g/mol. The van der Waals surface area contributed by atoms with Gasteiger partial charge in [-0.1, -0.05) is 12.1 Å². The average Bonchev–Trinajstić information content (AvgIpc) is 3.04. The Hall–Kier alpha value is -4.07. The third kappa shape index (κ3) is 5.21. The van der Waals surface area contributed by atoms with Gasteiger partial charge in [0.15, 0.2) is 17.3 Å². The minimum absolute atomic E-state index is 0.0227. The van der Waals surface area contributed by atoms with E-state index >= 15 is 0 Å². The minimum atomic E-state index is -4.56. The van der Waals surface area contributed by atoms with Crippen molar-refractivity contribution in [1.82, 2.24) is 29.3 Å². The van der Waals surface area contributed by atoms with Gasteiger partial charge in [-0.2, -0.15) is 22.5 Å². The lowest BCUT2D eigenvalue weighted by molar-refractivity contribution is -0.141. The van der Waals surface area contributed by atoms with E-state index < -0.39 is 27.2 Å². The molecule has 0 radical (unpaired) electrons. The van der Waals surface area contributed by atoms with Gasteiger partial charge in [0.2, 0.25) is 5.95 Å². The Morgan fingerprint density at radius 3 is 2.54 bits per heavy atom. The SMILES string of the molecule is C=CCn1c(=O)c2cnc(Nc3ccc(C(F)(F)F)nc3)nc2n1-c1cccc(N=S(C)(C)=O)n1. The zero-order valence-electron chi connectivity index (χ0n) is 18.5. The van der Waals surface area contributed by atoms with Crippen molar-refractivity contribution in [2.45, 2.75) is 12.7 Å². The Morgan fingerprint density at radius 2 is 1.91 bits per heavy atom. The Labute approximate surface area is 197 Å². The quantitative estimate of drug-likeness (QED) is 0.398. The first-order valence-electron chi connectivity index (χ1n) is 10.0. The first-order chi connectivity index (χ1) is 16.5. The van der Waals surface area contributed by atoms with Crippen LogP contribution in [0.5, 0.6) is 0 Å². The van der Waals surface area contributed by atoms with Crippen molar-refractivity contribution in [2.75, 3.05) is 17.8 Å². The summed E-state index contributed by atoms with van der Waals surface area (Å²) < 4.78 is 57.3. The molecule has 4 aromatic heterocycles. The summed E-state index contributed by atoms with van der Waals surface area (Å²) in [5.74, 6) is 0.513. The molecule has 14 heteroatoms. The van der Waals surface area contributed by atoms with Crippen molar-refractivity contribution in [1.29, 1.82) is 0 Å². The number of hydrogen-bond donors (Lipinski definition) is 1. The molecule has 0 atom stereocenters. The molecule has 0 aromatic carbocycles. The van der Waals surface area contributed by atoms with E-state index in [0.717, 1.165) is 12.3 Å². The van der Waals surface area contributed by atoms with E-state index in [1.54, 1.807) is 18.2 Å². The van der Waals surface area contributed by atoms with Crippen LogP contribution in [0.15, 0.2) is 64.5 Å². The maximum atomic E-state index is 13.0. The summed E-state index contributed by atoms with van der Waals surface area (Å²) in [6, 6.07) is 6.88. The average molecular weight is 504 g/mol. The molecule has 0 saturated heterocycles. The van der Waals surface area contributed by atoms with Crippen LogP contribution in [0.4, 0.5) is 30.6 Å². The van der Waals surface area contributed by atoms with Crippen LogP contribution in [0.25, 0.3) is 16.9 Å². The normalized spacial score (nSPS) is 12.0. The van der Waals surface area contributed by atoms with Crippen LogP contribution in [0.2, 0.25) is 0 Å². The van der Waals surface area contributed by atoms with E-state index in [4.69, 9.17) is 0 Å². The molecule has 0 saturated carbocycles. The smallest absolute Gasteiger partial charge is 0.323 e. The maximum absolute atomic E-state index is 13.0. The van der Waals surface area contributed by atoms with Crippen molar-refractivity contribution in [3.05, 3.63) is 71.4 Å². The van der Waals surface area contributed by atoms with Gasteiger partial charge in [0.25, 0.3) is 5.56 Å².